The van der Waals surface area contributed by atoms with Crippen LogP contribution in [0, 0.1) is 5.82 Å². The van der Waals surface area contributed by atoms with E-state index in [0.717, 1.165) is 23.1 Å². The summed E-state index contributed by atoms with van der Waals surface area (Å²) in [6.07, 6.45) is 5.68. The Bertz CT molecular complexity index is 1200. The van der Waals surface area contributed by atoms with E-state index in [1.165, 1.54) is 18.2 Å². The molecule has 0 bridgehead atoms. The van der Waals surface area contributed by atoms with Gasteiger partial charge in [0, 0.05) is 30.1 Å². The lowest BCUT2D eigenvalue weighted by atomic mass is 10.0. The first-order chi connectivity index (χ1) is 16.5. The normalized spacial score (nSPS) is 15.4. The van der Waals surface area contributed by atoms with E-state index >= 15 is 0 Å². The molecule has 2 aromatic carbocycles. The maximum atomic E-state index is 13.5. The number of nitrogens with zero attached hydrogens (tertiary/aromatic N) is 2. The van der Waals surface area contributed by atoms with Gasteiger partial charge in [0.25, 0.3) is 0 Å². The first-order valence-electron chi connectivity index (χ1n) is 10.9. The Balaban J connectivity index is 1.63. The molecule has 34 heavy (non-hydrogen) atoms. The zero-order valence-corrected chi connectivity index (χ0v) is 19.3. The van der Waals surface area contributed by atoms with Crippen molar-refractivity contribution >= 4 is 41.1 Å². The standard InChI is InChI=1S/C25H24ClFN4O3/c1-2-34-23(32)9-6-16-4-3-5-17(12-16)20-14-28-25(30-18-7-8-22(27)21(26)13-18)31-24(20)29-19-10-11-33-15-19/h3-9,12-14,19H,2,10-11,15H2,1H3,(H2,28,29,30,31)/t19-/m0/s1. The second kappa shape index (κ2) is 11.1. The van der Waals surface area contributed by atoms with Crippen LogP contribution in [0.3, 0.4) is 0 Å². The summed E-state index contributed by atoms with van der Waals surface area (Å²) in [6.45, 7) is 3.36. The van der Waals surface area contributed by atoms with Crippen molar-refractivity contribution in [3.05, 3.63) is 71.1 Å². The van der Waals surface area contributed by atoms with Gasteiger partial charge in [-0.15, -0.1) is 0 Å². The summed E-state index contributed by atoms with van der Waals surface area (Å²) < 4.78 is 23.9. The number of hydrogen-bond donors (Lipinski definition) is 2. The third-order valence-corrected chi connectivity index (χ3v) is 5.42. The molecule has 3 aromatic rings. The van der Waals surface area contributed by atoms with Crippen LogP contribution in [-0.4, -0.2) is 41.8 Å². The number of benzene rings is 2. The maximum absolute atomic E-state index is 13.5. The predicted molar refractivity (Wildman–Crippen MR) is 131 cm³/mol. The molecule has 2 heterocycles. The third-order valence-electron chi connectivity index (χ3n) is 5.13. The molecule has 0 saturated carbocycles. The van der Waals surface area contributed by atoms with E-state index in [0.29, 0.717) is 37.3 Å². The summed E-state index contributed by atoms with van der Waals surface area (Å²) in [7, 11) is 0. The van der Waals surface area contributed by atoms with Crippen LogP contribution in [0.1, 0.15) is 18.9 Å². The first kappa shape index (κ1) is 23.7. The van der Waals surface area contributed by atoms with Gasteiger partial charge >= 0.3 is 5.97 Å². The number of ether oxygens (including phenoxy) is 2. The minimum absolute atomic E-state index is 0.00996. The molecule has 1 saturated heterocycles. The Morgan fingerprint density at radius 2 is 2.21 bits per heavy atom. The Kier molecular flexibility index (Phi) is 7.72. The van der Waals surface area contributed by atoms with E-state index in [1.807, 2.05) is 24.3 Å². The fraction of sp³-hybridized carbons (Fsp3) is 0.240. The van der Waals surface area contributed by atoms with Gasteiger partial charge in [-0.2, -0.15) is 4.98 Å². The molecule has 1 fully saturated rings. The molecule has 0 spiro atoms. The lowest BCUT2D eigenvalue weighted by Gasteiger charge is -2.17. The second-order valence-corrected chi connectivity index (χ2v) is 8.03. The summed E-state index contributed by atoms with van der Waals surface area (Å²) >= 11 is 5.89. The molecule has 1 aromatic heterocycles. The molecule has 1 aliphatic rings. The van der Waals surface area contributed by atoms with Crippen molar-refractivity contribution in [1.82, 2.24) is 9.97 Å². The fourth-order valence-corrected chi connectivity index (χ4v) is 3.65. The molecule has 176 valence electrons. The molecule has 4 rings (SSSR count). The number of anilines is 3. The minimum atomic E-state index is -0.496. The summed E-state index contributed by atoms with van der Waals surface area (Å²) in [4.78, 5) is 20.8. The highest BCUT2D eigenvalue weighted by molar-refractivity contribution is 6.31. The molecule has 0 aliphatic carbocycles. The van der Waals surface area contributed by atoms with Crippen molar-refractivity contribution in [3.8, 4) is 11.1 Å². The van der Waals surface area contributed by atoms with Crippen molar-refractivity contribution in [1.29, 1.82) is 0 Å². The van der Waals surface area contributed by atoms with Crippen LogP contribution in [0.5, 0.6) is 0 Å². The molecule has 1 aliphatic heterocycles. The first-order valence-corrected chi connectivity index (χ1v) is 11.3. The lowest BCUT2D eigenvalue weighted by molar-refractivity contribution is -0.137. The Labute approximate surface area is 202 Å². The Hall–Kier alpha value is -3.49. The Morgan fingerprint density at radius 3 is 2.97 bits per heavy atom. The van der Waals surface area contributed by atoms with E-state index in [1.54, 1.807) is 25.3 Å². The maximum Gasteiger partial charge on any atom is 0.330 e. The quantitative estimate of drug-likeness (QED) is 0.326. The van der Waals surface area contributed by atoms with Gasteiger partial charge in [0.2, 0.25) is 5.95 Å². The summed E-state index contributed by atoms with van der Waals surface area (Å²) in [5.41, 5.74) is 3.08. The van der Waals surface area contributed by atoms with Crippen LogP contribution in [0.25, 0.3) is 17.2 Å². The average molecular weight is 483 g/mol. The van der Waals surface area contributed by atoms with Crippen molar-refractivity contribution < 1.29 is 18.7 Å². The van der Waals surface area contributed by atoms with Gasteiger partial charge < -0.3 is 20.1 Å². The van der Waals surface area contributed by atoms with Gasteiger partial charge in [-0.1, -0.05) is 29.8 Å². The molecule has 7 nitrogen and oxygen atoms in total. The van der Waals surface area contributed by atoms with Crippen molar-refractivity contribution in [3.63, 3.8) is 0 Å². The molecule has 0 radical (unpaired) electrons. The number of carbonyl (C=O) groups excluding carboxylic acids is 1. The monoisotopic (exact) mass is 482 g/mol. The number of aromatic nitrogens is 2. The van der Waals surface area contributed by atoms with E-state index in [9.17, 15) is 9.18 Å². The summed E-state index contributed by atoms with van der Waals surface area (Å²) in [6, 6.07) is 12.1. The molecule has 2 N–H and O–H groups in total. The van der Waals surface area contributed by atoms with E-state index < -0.39 is 11.8 Å². The van der Waals surface area contributed by atoms with Crippen molar-refractivity contribution in [2.75, 3.05) is 30.5 Å². The highest BCUT2D eigenvalue weighted by atomic mass is 35.5. The molecular weight excluding hydrogens is 459 g/mol. The van der Waals surface area contributed by atoms with Crippen molar-refractivity contribution in [2.45, 2.75) is 19.4 Å². The van der Waals surface area contributed by atoms with Gasteiger partial charge in [-0.3, -0.25) is 0 Å². The van der Waals surface area contributed by atoms with Crippen LogP contribution in [0.15, 0.2) is 54.7 Å². The SMILES string of the molecule is CCOC(=O)C=Cc1cccc(-c2cnc(Nc3ccc(F)c(Cl)c3)nc2N[C@H]2CCOC2)c1. The number of esters is 1. The number of hydrogen-bond acceptors (Lipinski definition) is 7. The molecular formula is C25H24ClFN4O3. The zero-order valence-electron chi connectivity index (χ0n) is 18.6. The molecule has 0 amide bonds. The predicted octanol–water partition coefficient (Wildman–Crippen LogP) is 5.46. The van der Waals surface area contributed by atoms with Crippen molar-refractivity contribution in [2.24, 2.45) is 0 Å². The Morgan fingerprint density at radius 1 is 1.32 bits per heavy atom. The van der Waals surface area contributed by atoms with Crippen LogP contribution in [-0.2, 0) is 14.3 Å². The van der Waals surface area contributed by atoms with Gasteiger partial charge in [-0.05, 0) is 54.8 Å². The zero-order chi connectivity index (χ0) is 23.9. The largest absolute Gasteiger partial charge is 0.463 e. The average Bonchev–Trinajstić information content (AvgIpc) is 3.34. The summed E-state index contributed by atoms with van der Waals surface area (Å²) in [5, 5.41) is 6.52. The number of halogens is 2. The fourth-order valence-electron chi connectivity index (χ4n) is 3.47. The molecule has 9 heteroatoms. The van der Waals surface area contributed by atoms with Gasteiger partial charge in [0.1, 0.15) is 11.6 Å². The van der Waals surface area contributed by atoms with Gasteiger partial charge in [-0.25, -0.2) is 14.2 Å². The number of rotatable bonds is 8. The van der Waals surface area contributed by atoms with Crippen LogP contribution >= 0.6 is 11.6 Å². The van der Waals surface area contributed by atoms with Gasteiger partial charge in [0.05, 0.1) is 24.3 Å². The summed E-state index contributed by atoms with van der Waals surface area (Å²) in [5.74, 6) is 0.0824. The van der Waals surface area contributed by atoms with Crippen LogP contribution in [0.4, 0.5) is 21.8 Å². The van der Waals surface area contributed by atoms with Gasteiger partial charge in [0.15, 0.2) is 0 Å². The number of carbonyl (C=O) groups is 1. The third kappa shape index (κ3) is 6.09. The lowest BCUT2D eigenvalue weighted by Crippen LogP contribution is -2.20. The van der Waals surface area contributed by atoms with E-state index in [2.05, 4.69) is 20.6 Å². The molecule has 1 atom stereocenters. The minimum Gasteiger partial charge on any atom is -0.463 e. The van der Waals surface area contributed by atoms with Crippen LogP contribution < -0.4 is 10.6 Å². The van der Waals surface area contributed by atoms with E-state index in [4.69, 9.17) is 21.1 Å². The smallest absolute Gasteiger partial charge is 0.330 e. The molecule has 0 unspecified atom stereocenters. The number of nitrogens with one attached hydrogen (secondary N) is 2. The van der Waals surface area contributed by atoms with E-state index in [-0.39, 0.29) is 11.1 Å². The highest BCUT2D eigenvalue weighted by Crippen LogP contribution is 2.30. The highest BCUT2D eigenvalue weighted by Gasteiger charge is 2.19. The second-order valence-electron chi connectivity index (χ2n) is 7.63. The topological polar surface area (TPSA) is 85.4 Å². The van der Waals surface area contributed by atoms with Crippen LogP contribution in [0.2, 0.25) is 5.02 Å².